The van der Waals surface area contributed by atoms with E-state index in [0.29, 0.717) is 17.1 Å². The molecule has 1 unspecified atom stereocenters. The van der Waals surface area contributed by atoms with Crippen LogP contribution in [-0.2, 0) is 12.0 Å². The molecule has 1 aliphatic rings. The lowest BCUT2D eigenvalue weighted by molar-refractivity contribution is 0.625. The van der Waals surface area contributed by atoms with Crippen LogP contribution < -0.4 is 0 Å². The number of nitrogens with one attached hydrogen (secondary N) is 1. The molecule has 1 atom stereocenters. The average Bonchev–Trinajstić information content (AvgIpc) is 3.00. The molecule has 2 heterocycles. The maximum absolute atomic E-state index is 12.1. The summed E-state index contributed by atoms with van der Waals surface area (Å²) in [5, 5.41) is 4.14. The van der Waals surface area contributed by atoms with Gasteiger partial charge in [-0.15, -0.1) is 4.91 Å². The quantitative estimate of drug-likeness (QED) is 0.672. The summed E-state index contributed by atoms with van der Waals surface area (Å²) in [6.45, 7) is 3.68. The molecule has 1 aliphatic carbocycles. The van der Waals surface area contributed by atoms with E-state index in [4.69, 9.17) is 11.6 Å². The van der Waals surface area contributed by atoms with Crippen LogP contribution in [0.4, 0.5) is 0 Å². The first kappa shape index (κ1) is 16.7. The molecule has 0 saturated heterocycles. The van der Waals surface area contributed by atoms with E-state index in [0.717, 1.165) is 33.7 Å². The fourth-order valence-electron chi connectivity index (χ4n) is 3.57. The molecule has 5 nitrogen and oxygen atoms in total. The van der Waals surface area contributed by atoms with Crippen LogP contribution in [0.3, 0.4) is 0 Å². The number of hydrogen-bond acceptors (Lipinski definition) is 4. The fraction of sp³-hybridized carbons (Fsp3) is 0.200. The standard InChI is InChI=1S/C20H17ClN4O/c1-12-19(24-11-23-12)20(2,25-26)17-8-14-4-3-7-22-18(14)9-13-5-6-15(21)10-16(13)17/h3-8,10-11H,9H2,1-2H3,(H,23,24). The summed E-state index contributed by atoms with van der Waals surface area (Å²) in [6.07, 6.45) is 6.01. The number of hydrogen-bond donors (Lipinski definition) is 1. The Kier molecular flexibility index (Phi) is 3.96. The molecule has 0 bridgehead atoms. The first-order valence-electron chi connectivity index (χ1n) is 8.33. The predicted octanol–water partition coefficient (Wildman–Crippen LogP) is 4.89. The summed E-state index contributed by atoms with van der Waals surface area (Å²) in [4.78, 5) is 24.0. The van der Waals surface area contributed by atoms with E-state index in [2.05, 4.69) is 20.1 Å². The van der Waals surface area contributed by atoms with E-state index in [1.165, 1.54) is 0 Å². The molecule has 0 aliphatic heterocycles. The smallest absolute Gasteiger partial charge is 0.169 e. The van der Waals surface area contributed by atoms with Gasteiger partial charge >= 0.3 is 0 Å². The van der Waals surface area contributed by atoms with Gasteiger partial charge in [0.15, 0.2) is 5.54 Å². The van der Waals surface area contributed by atoms with Crippen molar-refractivity contribution in [1.82, 2.24) is 15.0 Å². The third kappa shape index (κ3) is 2.56. The summed E-state index contributed by atoms with van der Waals surface area (Å²) >= 11 is 6.28. The average molecular weight is 365 g/mol. The van der Waals surface area contributed by atoms with E-state index in [1.54, 1.807) is 19.4 Å². The minimum atomic E-state index is -1.15. The highest BCUT2D eigenvalue weighted by Gasteiger charge is 2.39. The summed E-state index contributed by atoms with van der Waals surface area (Å²) in [6, 6.07) is 9.62. The lowest BCUT2D eigenvalue weighted by atomic mass is 9.81. The van der Waals surface area contributed by atoms with Crippen LogP contribution in [0.25, 0.3) is 11.6 Å². The van der Waals surface area contributed by atoms with Crippen molar-refractivity contribution in [2.45, 2.75) is 25.8 Å². The zero-order chi connectivity index (χ0) is 18.3. The van der Waals surface area contributed by atoms with Gasteiger partial charge in [-0.2, -0.15) is 0 Å². The molecule has 3 aromatic rings. The Hall–Kier alpha value is -2.79. The molecule has 1 aromatic carbocycles. The first-order valence-corrected chi connectivity index (χ1v) is 8.70. The van der Waals surface area contributed by atoms with Crippen molar-refractivity contribution in [3.63, 3.8) is 0 Å². The molecule has 2 aromatic heterocycles. The predicted molar refractivity (Wildman–Crippen MR) is 103 cm³/mol. The van der Waals surface area contributed by atoms with Crippen LogP contribution in [0.5, 0.6) is 0 Å². The number of fused-ring (bicyclic) bond motifs is 2. The Labute approximate surface area is 156 Å². The molecule has 26 heavy (non-hydrogen) atoms. The number of nitroso groups, excluding NO2 is 1. The summed E-state index contributed by atoms with van der Waals surface area (Å²) in [7, 11) is 0. The zero-order valence-corrected chi connectivity index (χ0v) is 15.2. The molecule has 1 N–H and O–H groups in total. The SMILES string of the molecule is Cc1[nH]cnc1C(C)(N=O)C1=Cc2cccnc2Cc2ccc(Cl)cc21. The van der Waals surface area contributed by atoms with Crippen molar-refractivity contribution in [3.8, 4) is 0 Å². The van der Waals surface area contributed by atoms with Crippen LogP contribution in [0.15, 0.2) is 48.0 Å². The van der Waals surface area contributed by atoms with E-state index in [1.807, 2.05) is 43.3 Å². The number of pyridine rings is 1. The van der Waals surface area contributed by atoms with Crippen LogP contribution in [0.1, 0.15) is 40.7 Å². The highest BCUT2D eigenvalue weighted by atomic mass is 35.5. The lowest BCUT2D eigenvalue weighted by Gasteiger charge is -2.25. The normalized spacial score (nSPS) is 15.3. The largest absolute Gasteiger partial charge is 0.348 e. The van der Waals surface area contributed by atoms with Gasteiger partial charge in [0.1, 0.15) is 0 Å². The van der Waals surface area contributed by atoms with Crippen molar-refractivity contribution in [2.75, 3.05) is 0 Å². The fourth-order valence-corrected chi connectivity index (χ4v) is 3.74. The van der Waals surface area contributed by atoms with Crippen LogP contribution in [0, 0.1) is 11.8 Å². The van der Waals surface area contributed by atoms with Gasteiger partial charge in [0.05, 0.1) is 17.7 Å². The van der Waals surface area contributed by atoms with Crippen LogP contribution >= 0.6 is 11.6 Å². The molecule has 130 valence electrons. The van der Waals surface area contributed by atoms with E-state index in [-0.39, 0.29) is 0 Å². The maximum Gasteiger partial charge on any atom is 0.169 e. The molecule has 0 amide bonds. The lowest BCUT2D eigenvalue weighted by Crippen LogP contribution is -2.23. The third-order valence-corrected chi connectivity index (χ3v) is 5.18. The number of H-pyrrole nitrogens is 1. The molecular formula is C20H17ClN4O. The summed E-state index contributed by atoms with van der Waals surface area (Å²) in [5.74, 6) is 0. The molecule has 6 heteroatoms. The van der Waals surface area contributed by atoms with Gasteiger partial charge in [-0.25, -0.2) is 4.98 Å². The number of imidazole rings is 1. The number of aromatic amines is 1. The second kappa shape index (κ2) is 6.18. The van der Waals surface area contributed by atoms with Crippen molar-refractivity contribution < 1.29 is 0 Å². The number of benzene rings is 1. The summed E-state index contributed by atoms with van der Waals surface area (Å²) in [5.41, 5.74) is 4.93. The van der Waals surface area contributed by atoms with Gasteiger partial charge in [-0.1, -0.05) is 28.9 Å². The Bertz CT molecular complexity index is 1040. The molecular weight excluding hydrogens is 348 g/mol. The minimum absolute atomic E-state index is 0.608. The van der Waals surface area contributed by atoms with Crippen LogP contribution in [-0.4, -0.2) is 15.0 Å². The molecule has 0 saturated carbocycles. The van der Waals surface area contributed by atoms with Gasteiger partial charge in [0.2, 0.25) is 0 Å². The number of aryl methyl sites for hydroxylation is 1. The number of nitrogens with zero attached hydrogens (tertiary/aromatic N) is 3. The van der Waals surface area contributed by atoms with Gasteiger partial charge < -0.3 is 4.98 Å². The number of aromatic nitrogens is 3. The second-order valence-corrected chi connectivity index (χ2v) is 7.05. The van der Waals surface area contributed by atoms with Crippen molar-refractivity contribution in [3.05, 3.63) is 86.6 Å². The monoisotopic (exact) mass is 364 g/mol. The van der Waals surface area contributed by atoms with Gasteiger partial charge in [-0.3, -0.25) is 4.98 Å². The highest BCUT2D eigenvalue weighted by Crippen LogP contribution is 2.44. The van der Waals surface area contributed by atoms with E-state index >= 15 is 0 Å². The number of halogens is 1. The topological polar surface area (TPSA) is 71.0 Å². The second-order valence-electron chi connectivity index (χ2n) is 6.62. The summed E-state index contributed by atoms with van der Waals surface area (Å²) < 4.78 is 0. The maximum atomic E-state index is 12.1. The van der Waals surface area contributed by atoms with E-state index < -0.39 is 5.54 Å². The Morgan fingerprint density at radius 2 is 2.12 bits per heavy atom. The van der Waals surface area contributed by atoms with Gasteiger partial charge in [0, 0.05) is 23.3 Å². The minimum Gasteiger partial charge on any atom is -0.348 e. The highest BCUT2D eigenvalue weighted by molar-refractivity contribution is 6.30. The first-order chi connectivity index (χ1) is 12.5. The van der Waals surface area contributed by atoms with Crippen molar-refractivity contribution >= 4 is 23.3 Å². The van der Waals surface area contributed by atoms with Crippen molar-refractivity contribution in [1.29, 1.82) is 0 Å². The third-order valence-electron chi connectivity index (χ3n) is 4.94. The number of rotatable bonds is 3. The molecule has 0 radical (unpaired) electrons. The molecule has 0 spiro atoms. The zero-order valence-electron chi connectivity index (χ0n) is 14.5. The molecule has 4 rings (SSSR count). The van der Waals surface area contributed by atoms with Crippen molar-refractivity contribution in [2.24, 2.45) is 5.18 Å². The Balaban J connectivity index is 2.04. The van der Waals surface area contributed by atoms with Gasteiger partial charge in [0.25, 0.3) is 0 Å². The van der Waals surface area contributed by atoms with E-state index in [9.17, 15) is 4.91 Å². The Morgan fingerprint density at radius 1 is 1.27 bits per heavy atom. The van der Waals surface area contributed by atoms with Gasteiger partial charge in [-0.05, 0) is 60.4 Å². The molecule has 0 fully saturated rings. The Morgan fingerprint density at radius 3 is 2.85 bits per heavy atom. The van der Waals surface area contributed by atoms with Crippen LogP contribution in [0.2, 0.25) is 5.02 Å².